The molecule has 1 fully saturated rings. The average Bonchev–Trinajstić information content (AvgIpc) is 3.07. The van der Waals surface area contributed by atoms with Gasteiger partial charge in [-0.25, -0.2) is 0 Å². The van der Waals surface area contributed by atoms with E-state index in [9.17, 15) is 4.79 Å². The smallest absolute Gasteiger partial charge is 0.249 e. The van der Waals surface area contributed by atoms with Crippen LogP contribution in [0.2, 0.25) is 0 Å². The average molecular weight is 419 g/mol. The van der Waals surface area contributed by atoms with Crippen LogP contribution < -0.4 is 5.32 Å². The Hall–Kier alpha value is -2.33. The number of hydrogen-bond acceptors (Lipinski definition) is 7. The second-order valence-corrected chi connectivity index (χ2v) is 8.71. The lowest BCUT2D eigenvalue weighted by molar-refractivity contribution is -0.125. The molecule has 4 rings (SSSR count). The summed E-state index contributed by atoms with van der Waals surface area (Å²) in [6, 6.07) is 2.98. The first kappa shape index (κ1) is 19.0. The maximum absolute atomic E-state index is 13.1. The Morgan fingerprint density at radius 2 is 2.21 bits per heavy atom. The molecular formula is C18H22N6O2S2. The van der Waals surface area contributed by atoms with Crippen molar-refractivity contribution in [1.29, 1.82) is 0 Å². The number of thiophene rings is 1. The van der Waals surface area contributed by atoms with Crippen LogP contribution in [0.5, 0.6) is 0 Å². The van der Waals surface area contributed by atoms with Gasteiger partial charge >= 0.3 is 0 Å². The van der Waals surface area contributed by atoms with E-state index in [4.69, 9.17) is 16.7 Å². The van der Waals surface area contributed by atoms with E-state index in [1.165, 1.54) is 0 Å². The van der Waals surface area contributed by atoms with E-state index >= 15 is 0 Å². The van der Waals surface area contributed by atoms with Gasteiger partial charge in [-0.3, -0.25) is 14.5 Å². The summed E-state index contributed by atoms with van der Waals surface area (Å²) in [7, 11) is 0. The maximum atomic E-state index is 13.1. The summed E-state index contributed by atoms with van der Waals surface area (Å²) < 4.78 is 7.58. The van der Waals surface area contributed by atoms with Gasteiger partial charge in [0.1, 0.15) is 12.1 Å². The third kappa shape index (κ3) is 3.66. The van der Waals surface area contributed by atoms with Gasteiger partial charge in [0, 0.05) is 5.92 Å². The molecule has 1 amide bonds. The number of aromatic amines is 1. The lowest BCUT2D eigenvalue weighted by atomic mass is 10.0. The molecule has 3 aromatic rings. The molecule has 0 saturated heterocycles. The molecule has 28 heavy (non-hydrogen) atoms. The van der Waals surface area contributed by atoms with Gasteiger partial charge < -0.3 is 9.84 Å². The summed E-state index contributed by atoms with van der Waals surface area (Å²) in [4.78, 5) is 18.5. The Morgan fingerprint density at radius 3 is 2.86 bits per heavy atom. The summed E-state index contributed by atoms with van der Waals surface area (Å²) in [5.41, 5.74) is 0. The molecule has 1 saturated carbocycles. The molecule has 1 aliphatic rings. The fraction of sp³-hybridized carbons (Fsp3) is 0.500. The number of amides is 1. The number of hydrogen-bond donors (Lipinski definition) is 2. The Bertz CT molecular complexity index is 1020. The molecule has 3 heterocycles. The molecule has 2 unspecified atom stereocenters. The first-order valence-electron chi connectivity index (χ1n) is 9.30. The van der Waals surface area contributed by atoms with Crippen molar-refractivity contribution < 1.29 is 9.32 Å². The largest absolute Gasteiger partial charge is 0.342 e. The zero-order chi connectivity index (χ0) is 19.8. The molecule has 2 N–H and O–H groups in total. The van der Waals surface area contributed by atoms with Crippen molar-refractivity contribution in [2.45, 2.75) is 51.6 Å². The van der Waals surface area contributed by atoms with Gasteiger partial charge in [0.05, 0.1) is 4.88 Å². The van der Waals surface area contributed by atoms with Gasteiger partial charge in [0.15, 0.2) is 16.4 Å². The lowest BCUT2D eigenvalue weighted by Gasteiger charge is -2.22. The SMILES string of the molecule is CC(C)C(NC(=O)C(C)n1c(-c2cccs2)n[nH]c1=S)c1nc(C2CC2)no1. The van der Waals surface area contributed by atoms with Gasteiger partial charge in [0.2, 0.25) is 11.8 Å². The maximum Gasteiger partial charge on any atom is 0.249 e. The summed E-state index contributed by atoms with van der Waals surface area (Å²) in [6.45, 7) is 5.83. The van der Waals surface area contributed by atoms with Crippen LogP contribution in [0.15, 0.2) is 22.0 Å². The molecule has 1 aliphatic carbocycles. The van der Waals surface area contributed by atoms with Gasteiger partial charge in [-0.15, -0.1) is 11.3 Å². The Kier molecular flexibility index (Phi) is 5.15. The fourth-order valence-electron chi connectivity index (χ4n) is 3.03. The molecule has 8 nitrogen and oxygen atoms in total. The van der Waals surface area contributed by atoms with E-state index < -0.39 is 6.04 Å². The molecule has 10 heteroatoms. The number of H-pyrrole nitrogens is 1. The predicted octanol–water partition coefficient (Wildman–Crippen LogP) is 4.00. The minimum atomic E-state index is -0.546. The summed E-state index contributed by atoms with van der Waals surface area (Å²) in [5.74, 6) is 2.15. The summed E-state index contributed by atoms with van der Waals surface area (Å²) in [5, 5.41) is 16.2. The van der Waals surface area contributed by atoms with Gasteiger partial charge in [-0.1, -0.05) is 25.1 Å². The van der Waals surface area contributed by atoms with E-state index in [1.807, 2.05) is 31.4 Å². The van der Waals surface area contributed by atoms with E-state index in [1.54, 1.807) is 22.8 Å². The van der Waals surface area contributed by atoms with Crippen molar-refractivity contribution in [2.75, 3.05) is 0 Å². The molecular weight excluding hydrogens is 396 g/mol. The zero-order valence-electron chi connectivity index (χ0n) is 15.9. The molecule has 0 bridgehead atoms. The highest BCUT2D eigenvalue weighted by Gasteiger charge is 2.32. The normalized spacial score (nSPS) is 16.3. The Balaban J connectivity index is 1.56. The van der Waals surface area contributed by atoms with Crippen molar-refractivity contribution in [3.63, 3.8) is 0 Å². The minimum Gasteiger partial charge on any atom is -0.342 e. The lowest BCUT2D eigenvalue weighted by Crippen LogP contribution is -2.36. The van der Waals surface area contributed by atoms with Crippen LogP contribution in [0.25, 0.3) is 10.7 Å². The monoisotopic (exact) mass is 418 g/mol. The van der Waals surface area contributed by atoms with Gasteiger partial charge in [-0.05, 0) is 49.3 Å². The molecule has 0 aromatic carbocycles. The van der Waals surface area contributed by atoms with Crippen LogP contribution in [-0.4, -0.2) is 30.8 Å². The first-order chi connectivity index (χ1) is 13.5. The molecule has 0 aliphatic heterocycles. The quantitative estimate of drug-likeness (QED) is 0.562. The first-order valence-corrected chi connectivity index (χ1v) is 10.6. The van der Waals surface area contributed by atoms with Crippen molar-refractivity contribution in [1.82, 2.24) is 30.2 Å². The van der Waals surface area contributed by atoms with Crippen LogP contribution in [0.1, 0.15) is 63.3 Å². The third-order valence-corrected chi connectivity index (χ3v) is 6.00. The number of carbonyl (C=O) groups excluding carboxylic acids is 1. The Morgan fingerprint density at radius 1 is 1.43 bits per heavy atom. The molecule has 0 spiro atoms. The second kappa shape index (κ2) is 7.59. The Labute approximate surface area is 171 Å². The van der Waals surface area contributed by atoms with Gasteiger partial charge in [-0.2, -0.15) is 10.1 Å². The van der Waals surface area contributed by atoms with E-state index in [-0.39, 0.29) is 17.9 Å². The highest BCUT2D eigenvalue weighted by Crippen LogP contribution is 2.38. The summed E-state index contributed by atoms with van der Waals surface area (Å²) in [6.07, 6.45) is 2.19. The molecule has 0 radical (unpaired) electrons. The van der Waals surface area contributed by atoms with Crippen molar-refractivity contribution in [3.8, 4) is 10.7 Å². The van der Waals surface area contributed by atoms with Crippen molar-refractivity contribution in [2.24, 2.45) is 5.92 Å². The van der Waals surface area contributed by atoms with Crippen LogP contribution >= 0.6 is 23.6 Å². The van der Waals surface area contributed by atoms with Crippen LogP contribution in [-0.2, 0) is 4.79 Å². The fourth-order valence-corrected chi connectivity index (χ4v) is 4.03. The van der Waals surface area contributed by atoms with Gasteiger partial charge in [0.25, 0.3) is 0 Å². The number of rotatable bonds is 7. The van der Waals surface area contributed by atoms with Crippen molar-refractivity contribution >= 4 is 29.5 Å². The number of carbonyl (C=O) groups is 1. The topological polar surface area (TPSA) is 102 Å². The van der Waals surface area contributed by atoms with Crippen molar-refractivity contribution in [3.05, 3.63) is 34.0 Å². The van der Waals surface area contributed by atoms with E-state index in [2.05, 4.69) is 25.7 Å². The van der Waals surface area contributed by atoms with Crippen LogP contribution in [0.4, 0.5) is 0 Å². The highest BCUT2D eigenvalue weighted by atomic mass is 32.1. The second-order valence-electron chi connectivity index (χ2n) is 7.37. The van der Waals surface area contributed by atoms with E-state index in [0.29, 0.717) is 22.4 Å². The zero-order valence-corrected chi connectivity index (χ0v) is 17.5. The molecule has 148 valence electrons. The standard InChI is InChI=1S/C18H22N6O2S2/c1-9(2)13(17-20-14(23-26-17)11-6-7-11)19-16(25)10(3)24-15(21-22-18(24)27)12-5-4-8-28-12/h4-5,8-11,13H,6-7H2,1-3H3,(H,19,25)(H,22,27). The number of nitrogens with one attached hydrogen (secondary N) is 2. The summed E-state index contributed by atoms with van der Waals surface area (Å²) >= 11 is 6.91. The predicted molar refractivity (Wildman–Crippen MR) is 107 cm³/mol. The third-order valence-electron chi connectivity index (χ3n) is 4.84. The van der Waals surface area contributed by atoms with Crippen LogP contribution in [0.3, 0.4) is 0 Å². The molecule has 3 aromatic heterocycles. The van der Waals surface area contributed by atoms with E-state index in [0.717, 1.165) is 23.5 Å². The number of nitrogens with zero attached hydrogens (tertiary/aromatic N) is 4. The molecule has 2 atom stereocenters. The highest BCUT2D eigenvalue weighted by molar-refractivity contribution is 7.71. The minimum absolute atomic E-state index is 0.0951. The number of aromatic nitrogens is 5. The van der Waals surface area contributed by atoms with Crippen LogP contribution in [0, 0.1) is 10.7 Å².